The molecule has 2 rings (SSSR count). The van der Waals surface area contributed by atoms with Gasteiger partial charge in [-0.05, 0) is 12.8 Å². The van der Waals surface area contributed by atoms with Crippen LogP contribution in [-0.4, -0.2) is 53.6 Å². The average molecular weight is 328 g/mol. The smallest absolute Gasteiger partial charge is 0.274 e. The van der Waals surface area contributed by atoms with E-state index in [4.69, 9.17) is 23.1 Å². The van der Waals surface area contributed by atoms with Gasteiger partial charge in [-0.1, -0.05) is 11.6 Å². The highest BCUT2D eigenvalue weighted by Gasteiger charge is 2.45. The second-order valence-corrected chi connectivity index (χ2v) is 7.12. The summed E-state index contributed by atoms with van der Waals surface area (Å²) >= 11 is 5.82. The van der Waals surface area contributed by atoms with E-state index in [0.717, 1.165) is 17.3 Å². The first kappa shape index (κ1) is 16.8. The van der Waals surface area contributed by atoms with Gasteiger partial charge in [0.25, 0.3) is 5.91 Å². The van der Waals surface area contributed by atoms with E-state index in [1.165, 1.54) is 12.8 Å². The quantitative estimate of drug-likeness (QED) is 0.716. The Kier molecular flexibility index (Phi) is 4.49. The number of aromatic nitrogens is 2. The molecule has 1 heterocycles. The van der Waals surface area contributed by atoms with Crippen LogP contribution < -0.4 is 16.8 Å². The first-order valence-electron chi connectivity index (χ1n) is 7.34. The van der Waals surface area contributed by atoms with Crippen molar-refractivity contribution in [1.82, 2.24) is 15.3 Å². The van der Waals surface area contributed by atoms with Gasteiger partial charge in [-0.25, -0.2) is 9.97 Å². The molecule has 0 aliphatic heterocycles. The Morgan fingerprint density at radius 1 is 1.23 bits per heavy atom. The Balaban J connectivity index is 2.14. The van der Waals surface area contributed by atoms with Crippen LogP contribution in [0.3, 0.4) is 0 Å². The maximum absolute atomic E-state index is 12.4. The van der Waals surface area contributed by atoms with Gasteiger partial charge >= 0.3 is 0 Å². The molecule has 1 amide bonds. The van der Waals surface area contributed by atoms with Crippen LogP contribution in [-0.2, 0) is 0 Å². The summed E-state index contributed by atoms with van der Waals surface area (Å²) in [6, 6.07) is 0. The minimum atomic E-state index is -0.369. The lowest BCUT2D eigenvalue weighted by Gasteiger charge is -2.44. The lowest BCUT2D eigenvalue weighted by atomic mass is 9.93. The van der Waals surface area contributed by atoms with Crippen LogP contribution >= 0.6 is 11.6 Å². The van der Waals surface area contributed by atoms with Gasteiger partial charge < -0.3 is 21.3 Å². The molecule has 1 aliphatic rings. The van der Waals surface area contributed by atoms with E-state index in [-0.39, 0.29) is 33.9 Å². The van der Waals surface area contributed by atoms with Gasteiger partial charge in [-0.3, -0.25) is 4.79 Å². The van der Waals surface area contributed by atoms with Gasteiger partial charge in [0.15, 0.2) is 22.5 Å². The Labute approximate surface area is 135 Å². The molecule has 8 heteroatoms. The molecule has 5 N–H and O–H groups in total. The van der Waals surface area contributed by atoms with Crippen molar-refractivity contribution in [3.63, 3.8) is 0 Å². The predicted molar refractivity (Wildman–Crippen MR) is 87.4 cm³/mol. The molecule has 1 saturated carbocycles. The van der Waals surface area contributed by atoms with Gasteiger partial charge in [0, 0.05) is 12.8 Å². The third-order valence-corrected chi connectivity index (χ3v) is 4.93. The average Bonchev–Trinajstić information content (AvgIpc) is 2.90. The van der Waals surface area contributed by atoms with Crippen LogP contribution in [0, 0.1) is 0 Å². The number of nitrogens with one attached hydrogen (secondary N) is 1. The standard InChI is InChI=1S/C14H23ClN6O/c1-21(2,3)14(6-4-5-7-14)8-18-13(22)9-11(16)20-12(17)10(15)19-9/h4-8H2,1-3H3,(H4-,16,17,18,20,22)/p+1. The Morgan fingerprint density at radius 3 is 2.36 bits per heavy atom. The normalized spacial score (nSPS) is 17.5. The number of carbonyl (C=O) groups is 1. The molecule has 22 heavy (non-hydrogen) atoms. The number of likely N-dealkylation sites (N-methyl/N-ethyl adjacent to an activating group) is 1. The molecule has 7 nitrogen and oxygen atoms in total. The summed E-state index contributed by atoms with van der Waals surface area (Å²) in [5.74, 6) is -0.355. The van der Waals surface area contributed by atoms with E-state index in [1.807, 2.05) is 0 Å². The minimum absolute atomic E-state index is 0.00915. The van der Waals surface area contributed by atoms with Crippen molar-refractivity contribution >= 4 is 29.1 Å². The van der Waals surface area contributed by atoms with Crippen LogP contribution in [0.4, 0.5) is 11.6 Å². The lowest BCUT2D eigenvalue weighted by molar-refractivity contribution is -0.922. The molecule has 122 valence electrons. The zero-order valence-corrected chi connectivity index (χ0v) is 14.1. The molecule has 0 unspecified atom stereocenters. The molecule has 0 spiro atoms. The highest BCUT2D eigenvalue weighted by Crippen LogP contribution is 2.36. The van der Waals surface area contributed by atoms with Crippen LogP contribution in [0.1, 0.15) is 36.2 Å². The van der Waals surface area contributed by atoms with Crippen molar-refractivity contribution in [2.24, 2.45) is 0 Å². The van der Waals surface area contributed by atoms with Crippen molar-refractivity contribution < 1.29 is 9.28 Å². The third kappa shape index (κ3) is 3.10. The SMILES string of the molecule is C[N+](C)(C)C1(CNC(=O)c2nc(Cl)c(N)nc2N)CCCC1. The largest absolute Gasteiger partial charge is 0.382 e. The summed E-state index contributed by atoms with van der Waals surface area (Å²) in [6.07, 6.45) is 4.53. The van der Waals surface area contributed by atoms with Crippen molar-refractivity contribution in [2.45, 2.75) is 31.2 Å². The van der Waals surface area contributed by atoms with Gasteiger partial charge in [-0.2, -0.15) is 0 Å². The second kappa shape index (κ2) is 5.89. The highest BCUT2D eigenvalue weighted by atomic mass is 35.5. The molecule has 0 bridgehead atoms. The number of quaternary nitrogens is 1. The summed E-state index contributed by atoms with van der Waals surface area (Å²) in [5.41, 5.74) is 11.3. The maximum Gasteiger partial charge on any atom is 0.274 e. The number of amides is 1. The summed E-state index contributed by atoms with van der Waals surface area (Å²) in [5, 5.41) is 2.93. The number of nitrogens with zero attached hydrogens (tertiary/aromatic N) is 3. The summed E-state index contributed by atoms with van der Waals surface area (Å²) in [4.78, 5) is 20.1. The van der Waals surface area contributed by atoms with Crippen molar-refractivity contribution in [1.29, 1.82) is 0 Å². The maximum atomic E-state index is 12.4. The van der Waals surface area contributed by atoms with Gasteiger partial charge in [0.05, 0.1) is 27.7 Å². The van der Waals surface area contributed by atoms with E-state index in [2.05, 4.69) is 36.4 Å². The summed E-state index contributed by atoms with van der Waals surface area (Å²) in [7, 11) is 6.48. The zero-order chi connectivity index (χ0) is 16.5. The van der Waals surface area contributed by atoms with Gasteiger partial charge in [0.1, 0.15) is 5.54 Å². The van der Waals surface area contributed by atoms with E-state index in [1.54, 1.807) is 0 Å². The molecular formula is C14H24ClN6O+. The summed E-state index contributed by atoms with van der Waals surface area (Å²) in [6.45, 7) is 0.568. The Hall–Kier alpha value is -1.60. The second-order valence-electron chi connectivity index (χ2n) is 6.76. The number of rotatable bonds is 4. The Morgan fingerprint density at radius 2 is 1.82 bits per heavy atom. The van der Waals surface area contributed by atoms with Crippen LogP contribution in [0.2, 0.25) is 5.15 Å². The first-order valence-corrected chi connectivity index (χ1v) is 7.72. The fraction of sp³-hybridized carbons (Fsp3) is 0.643. The molecule has 1 aliphatic carbocycles. The fourth-order valence-electron chi connectivity index (χ4n) is 3.06. The number of carbonyl (C=O) groups excluding carboxylic acids is 1. The van der Waals surface area contributed by atoms with Gasteiger partial charge in [0.2, 0.25) is 0 Å². The van der Waals surface area contributed by atoms with Crippen molar-refractivity contribution in [3.8, 4) is 0 Å². The molecule has 1 fully saturated rings. The molecule has 0 atom stereocenters. The number of anilines is 2. The van der Waals surface area contributed by atoms with E-state index in [0.29, 0.717) is 6.54 Å². The number of halogens is 1. The van der Waals surface area contributed by atoms with E-state index in [9.17, 15) is 4.79 Å². The fourth-order valence-corrected chi connectivity index (χ4v) is 3.18. The number of hydrogen-bond acceptors (Lipinski definition) is 5. The zero-order valence-electron chi connectivity index (χ0n) is 13.3. The molecule has 1 aromatic heterocycles. The third-order valence-electron chi connectivity index (χ3n) is 4.66. The van der Waals surface area contributed by atoms with Crippen molar-refractivity contribution in [2.75, 3.05) is 39.2 Å². The van der Waals surface area contributed by atoms with Gasteiger partial charge in [-0.15, -0.1) is 0 Å². The molecule has 0 aromatic carbocycles. The highest BCUT2D eigenvalue weighted by molar-refractivity contribution is 6.31. The monoisotopic (exact) mass is 327 g/mol. The predicted octanol–water partition coefficient (Wildman–Crippen LogP) is 1.04. The van der Waals surface area contributed by atoms with Crippen LogP contribution in [0.5, 0.6) is 0 Å². The Bertz CT molecular complexity index is 577. The van der Waals surface area contributed by atoms with E-state index >= 15 is 0 Å². The number of hydrogen-bond donors (Lipinski definition) is 3. The number of nitrogens with two attached hydrogens (primary N) is 2. The number of nitrogen functional groups attached to an aromatic ring is 2. The first-order chi connectivity index (χ1) is 10.2. The lowest BCUT2D eigenvalue weighted by Crippen LogP contribution is -2.60. The minimum Gasteiger partial charge on any atom is -0.382 e. The molecule has 0 saturated heterocycles. The molecule has 0 radical (unpaired) electrons. The molecular weight excluding hydrogens is 304 g/mol. The van der Waals surface area contributed by atoms with Crippen molar-refractivity contribution in [3.05, 3.63) is 10.8 Å². The van der Waals surface area contributed by atoms with E-state index < -0.39 is 0 Å². The van der Waals surface area contributed by atoms with Crippen LogP contribution in [0.25, 0.3) is 0 Å². The molecule has 1 aromatic rings. The topological polar surface area (TPSA) is 107 Å². The summed E-state index contributed by atoms with van der Waals surface area (Å²) < 4.78 is 0.803. The van der Waals surface area contributed by atoms with Crippen LogP contribution in [0.15, 0.2) is 0 Å².